The number of hydrogen-bond donors (Lipinski definition) is 9. The lowest BCUT2D eigenvalue weighted by Gasteiger charge is -2.58. The molecule has 14 nitrogen and oxygen atoms in total. The molecule has 1 saturated heterocycles. The van der Waals surface area contributed by atoms with Crippen molar-refractivity contribution in [1.29, 1.82) is 0 Å². The number of anilines is 1. The molecule has 1 aromatic heterocycles. The number of aliphatic hydroxyl groups excluding tert-OH is 5. The van der Waals surface area contributed by atoms with Crippen LogP contribution in [0.4, 0.5) is 5.82 Å². The maximum Gasteiger partial charge on any atom is 0.260 e. The standard InChI is InChI=1S/C31H28N4O10/c1-11-6-15-20(18(37)7-11)24(39)22-19-9-14-13(21(22)23(15)38)3-5-32-28(14)33-10-12(36)8-17-16-2-4-30(44-19)26(41)25(40)27(42)31(16,45-30)29(43)35-34-17/h2-7,9,12,25-27,29,34-37,40-43H,8,10H2,1H3,(H,32,33). The van der Waals surface area contributed by atoms with Gasteiger partial charge >= 0.3 is 0 Å². The molecule has 7 unspecified atom stereocenters. The predicted molar refractivity (Wildman–Crippen MR) is 154 cm³/mol. The van der Waals surface area contributed by atoms with Crippen LogP contribution in [0.5, 0.6) is 11.5 Å². The third-order valence-electron chi connectivity index (χ3n) is 9.25. The van der Waals surface area contributed by atoms with Crippen molar-refractivity contribution in [1.82, 2.24) is 15.8 Å². The Balaban J connectivity index is 1.44. The Morgan fingerprint density at radius 3 is 2.58 bits per heavy atom. The number of phenolic OH excluding ortho intramolecular Hbond substituents is 1. The van der Waals surface area contributed by atoms with Crippen LogP contribution in [-0.2, 0) is 4.74 Å². The fraction of sp³-hybridized carbons (Fsp3) is 0.323. The van der Waals surface area contributed by atoms with Crippen molar-refractivity contribution in [3.63, 3.8) is 0 Å². The number of hydrogen-bond acceptors (Lipinski definition) is 14. The molecule has 6 heterocycles. The first kappa shape index (κ1) is 28.1. The predicted octanol–water partition coefficient (Wildman–Crippen LogP) is -0.622. The minimum absolute atomic E-state index is 0.00650. The molecule has 9 rings (SSSR count). The molecular weight excluding hydrogens is 588 g/mol. The maximum atomic E-state index is 14.2. The molecule has 1 fully saturated rings. The third-order valence-corrected chi connectivity index (χ3v) is 9.25. The summed E-state index contributed by atoms with van der Waals surface area (Å²) in [5, 5.41) is 70.6. The number of nitrogens with one attached hydrogen (secondary N) is 3. The molecule has 0 amide bonds. The monoisotopic (exact) mass is 616 g/mol. The van der Waals surface area contributed by atoms with Gasteiger partial charge in [0.25, 0.3) is 5.79 Å². The average molecular weight is 617 g/mol. The van der Waals surface area contributed by atoms with Crippen molar-refractivity contribution < 1.29 is 49.7 Å². The SMILES string of the molecule is Cc1cc(O)c2c(c1)C(=O)c1c(c3cc4c(nccc14)NCC(O)CC1=C4C=CC5(O3)OC4(C(O)NN1)C(O)C(O)C5O)C2=O. The molecule has 1 aliphatic carbocycles. The molecule has 2 spiro atoms. The van der Waals surface area contributed by atoms with Crippen LogP contribution >= 0.6 is 0 Å². The van der Waals surface area contributed by atoms with Gasteiger partial charge < -0.3 is 50.9 Å². The fourth-order valence-electron chi connectivity index (χ4n) is 7.15. The van der Waals surface area contributed by atoms with Gasteiger partial charge in [-0.2, -0.15) is 0 Å². The number of phenols is 1. The first-order valence-electron chi connectivity index (χ1n) is 14.3. The smallest absolute Gasteiger partial charge is 0.260 e. The molecule has 5 aliphatic heterocycles. The fourth-order valence-corrected chi connectivity index (χ4v) is 7.15. The van der Waals surface area contributed by atoms with Gasteiger partial charge in [-0.1, -0.05) is 6.08 Å². The highest BCUT2D eigenvalue weighted by molar-refractivity contribution is 6.34. The Morgan fingerprint density at radius 2 is 1.78 bits per heavy atom. The molecule has 0 radical (unpaired) electrons. The number of nitrogens with zero attached hydrogens (tertiary/aromatic N) is 1. The summed E-state index contributed by atoms with van der Waals surface area (Å²) < 4.78 is 12.7. The third kappa shape index (κ3) is 3.60. The van der Waals surface area contributed by atoms with E-state index in [0.717, 1.165) is 0 Å². The van der Waals surface area contributed by atoms with Gasteiger partial charge in [-0.05, 0) is 48.2 Å². The number of aromatic nitrogens is 1. The Labute approximate surface area is 254 Å². The summed E-state index contributed by atoms with van der Waals surface area (Å²) in [5.41, 5.74) is 3.84. The van der Waals surface area contributed by atoms with E-state index in [9.17, 15) is 40.2 Å². The summed E-state index contributed by atoms with van der Waals surface area (Å²) in [7, 11) is 0. The molecule has 14 heteroatoms. The van der Waals surface area contributed by atoms with E-state index >= 15 is 0 Å². The van der Waals surface area contributed by atoms with Crippen molar-refractivity contribution in [3.05, 3.63) is 81.7 Å². The van der Waals surface area contributed by atoms with E-state index in [-0.39, 0.29) is 52.4 Å². The maximum absolute atomic E-state index is 14.2. The Morgan fingerprint density at radius 1 is 0.978 bits per heavy atom. The summed E-state index contributed by atoms with van der Waals surface area (Å²) in [6.45, 7) is 1.64. The van der Waals surface area contributed by atoms with Gasteiger partial charge in [-0.25, -0.2) is 10.4 Å². The van der Waals surface area contributed by atoms with Gasteiger partial charge in [0, 0.05) is 46.9 Å². The number of ketones is 2. The van der Waals surface area contributed by atoms with Gasteiger partial charge in [0.05, 0.1) is 17.2 Å². The number of ether oxygens (including phenoxy) is 2. The zero-order valence-corrected chi connectivity index (χ0v) is 23.6. The van der Waals surface area contributed by atoms with Crippen molar-refractivity contribution >= 4 is 28.2 Å². The molecule has 9 N–H and O–H groups in total. The van der Waals surface area contributed by atoms with Crippen LogP contribution < -0.4 is 20.9 Å². The van der Waals surface area contributed by atoms with Crippen molar-refractivity contribution in [3.8, 4) is 11.5 Å². The first-order valence-corrected chi connectivity index (χ1v) is 14.3. The molecule has 232 valence electrons. The number of carbonyl (C=O) groups is 2. The number of aryl methyl sites for hydroxylation is 1. The average Bonchev–Trinajstić information content (AvgIpc) is 3.01. The summed E-state index contributed by atoms with van der Waals surface area (Å²) >= 11 is 0. The van der Waals surface area contributed by atoms with E-state index in [1.807, 2.05) is 0 Å². The minimum Gasteiger partial charge on any atom is -0.507 e. The summed E-state index contributed by atoms with van der Waals surface area (Å²) in [6, 6.07) is 5.85. The highest BCUT2D eigenvalue weighted by atomic mass is 16.7. The zero-order chi connectivity index (χ0) is 31.6. The first-order chi connectivity index (χ1) is 21.5. The molecule has 6 aliphatic rings. The number of carbonyl (C=O) groups excluding carboxylic acids is 2. The summed E-state index contributed by atoms with van der Waals surface area (Å²) in [5.74, 6) is -4.03. The summed E-state index contributed by atoms with van der Waals surface area (Å²) in [4.78, 5) is 32.8. The van der Waals surface area contributed by atoms with Crippen LogP contribution in [0.15, 0.2) is 53.9 Å². The van der Waals surface area contributed by atoms with Crippen LogP contribution in [-0.4, -0.2) is 95.8 Å². The van der Waals surface area contributed by atoms with Crippen LogP contribution in [0.1, 0.15) is 43.8 Å². The van der Waals surface area contributed by atoms with Crippen LogP contribution in [0.25, 0.3) is 10.8 Å². The van der Waals surface area contributed by atoms with Crippen LogP contribution in [0.2, 0.25) is 0 Å². The Hall–Kier alpha value is -4.41. The van der Waals surface area contributed by atoms with Crippen LogP contribution in [0, 0.1) is 6.92 Å². The number of rotatable bonds is 0. The summed E-state index contributed by atoms with van der Waals surface area (Å²) in [6.07, 6.45) is -4.40. The van der Waals surface area contributed by atoms with Gasteiger partial charge in [0.2, 0.25) is 5.78 Å². The van der Waals surface area contributed by atoms with E-state index in [1.54, 1.807) is 13.0 Å². The van der Waals surface area contributed by atoms with E-state index < -0.39 is 59.3 Å². The second-order valence-electron chi connectivity index (χ2n) is 12.0. The molecule has 7 atom stereocenters. The highest BCUT2D eigenvalue weighted by Crippen LogP contribution is 2.51. The van der Waals surface area contributed by atoms with Gasteiger partial charge in [-0.3, -0.25) is 9.59 Å². The number of fused-ring (bicyclic) bond motifs is 6. The second kappa shape index (κ2) is 9.31. The Kier molecular flexibility index (Phi) is 5.81. The number of aliphatic hydroxyl groups is 5. The van der Waals surface area contributed by atoms with Crippen molar-refractivity contribution in [2.75, 3.05) is 11.9 Å². The molecule has 6 bridgehead atoms. The quantitative estimate of drug-likeness (QED) is 0.120. The second-order valence-corrected chi connectivity index (χ2v) is 12.0. The number of aromatic hydroxyl groups is 1. The zero-order valence-electron chi connectivity index (χ0n) is 23.6. The van der Waals surface area contributed by atoms with Crippen molar-refractivity contribution in [2.45, 2.75) is 55.4 Å². The number of benzene rings is 2. The van der Waals surface area contributed by atoms with Crippen molar-refractivity contribution in [2.24, 2.45) is 0 Å². The van der Waals surface area contributed by atoms with Gasteiger partial charge in [0.15, 0.2) is 23.7 Å². The van der Waals surface area contributed by atoms with E-state index in [1.165, 1.54) is 36.5 Å². The molecule has 3 aromatic rings. The van der Waals surface area contributed by atoms with E-state index in [2.05, 4.69) is 21.2 Å². The van der Waals surface area contributed by atoms with E-state index in [0.29, 0.717) is 22.0 Å². The highest BCUT2D eigenvalue weighted by Gasteiger charge is 2.68. The lowest BCUT2D eigenvalue weighted by Crippen LogP contribution is -2.79. The van der Waals surface area contributed by atoms with Gasteiger partial charge in [-0.15, -0.1) is 0 Å². The normalized spacial score (nSPS) is 33.2. The molecule has 45 heavy (non-hydrogen) atoms. The lowest BCUT2D eigenvalue weighted by molar-refractivity contribution is -0.361. The minimum atomic E-state index is -2.31. The van der Waals surface area contributed by atoms with Gasteiger partial charge in [0.1, 0.15) is 29.5 Å². The molecule has 0 saturated carbocycles. The molecule has 2 aromatic carbocycles. The molecular formula is C31H28N4O10. The Bertz CT molecular complexity index is 1930. The lowest BCUT2D eigenvalue weighted by atomic mass is 9.72. The number of hydrazine groups is 1. The topological polar surface area (TPSA) is 223 Å². The number of pyridine rings is 1. The van der Waals surface area contributed by atoms with Crippen LogP contribution in [0.3, 0.4) is 0 Å². The van der Waals surface area contributed by atoms with E-state index in [4.69, 9.17) is 9.47 Å². The largest absolute Gasteiger partial charge is 0.507 e.